The Balaban J connectivity index is 2.04. The number of rotatable bonds is 5. The van der Waals surface area contributed by atoms with Crippen LogP contribution in [0, 0.1) is 0 Å². The highest BCUT2D eigenvalue weighted by atomic mass is 35.5. The smallest absolute Gasteiger partial charge is 0.241 e. The molecule has 0 radical (unpaired) electrons. The average molecular weight is 309 g/mol. The Kier molecular flexibility index (Phi) is 4.82. The molecule has 0 saturated carbocycles. The van der Waals surface area contributed by atoms with Crippen molar-refractivity contribution in [3.63, 3.8) is 0 Å². The van der Waals surface area contributed by atoms with Crippen molar-refractivity contribution in [3.8, 4) is 5.75 Å². The molecule has 1 amide bonds. The molecule has 3 N–H and O–H groups in total. The maximum Gasteiger partial charge on any atom is 0.241 e. The molecule has 0 aliphatic rings. The highest BCUT2D eigenvalue weighted by Crippen LogP contribution is 2.26. The quantitative estimate of drug-likeness (QED) is 0.874. The van der Waals surface area contributed by atoms with Crippen LogP contribution in [0.2, 0.25) is 5.02 Å². The second-order valence-electron chi connectivity index (χ2n) is 4.56. The van der Waals surface area contributed by atoms with Crippen molar-refractivity contribution in [2.75, 3.05) is 7.11 Å². The van der Waals surface area contributed by atoms with Crippen molar-refractivity contribution in [3.05, 3.63) is 46.7 Å². The van der Waals surface area contributed by atoms with Gasteiger partial charge in [0, 0.05) is 35.9 Å². The molecule has 1 aromatic carbocycles. The van der Waals surface area contributed by atoms with E-state index in [1.165, 1.54) is 0 Å². The van der Waals surface area contributed by atoms with Crippen LogP contribution in [0.1, 0.15) is 17.2 Å². The summed E-state index contributed by atoms with van der Waals surface area (Å²) in [5.41, 5.74) is 7.26. The molecule has 1 aromatic heterocycles. The van der Waals surface area contributed by atoms with Crippen molar-refractivity contribution in [2.45, 2.75) is 12.6 Å². The molecule has 1 unspecified atom stereocenters. The Bertz CT molecular complexity index is 642. The van der Waals surface area contributed by atoms with E-state index in [1.54, 1.807) is 49.4 Å². The first-order valence-corrected chi connectivity index (χ1v) is 6.74. The second-order valence-corrected chi connectivity index (χ2v) is 4.97. The molecule has 0 aliphatic heterocycles. The third kappa shape index (κ3) is 3.53. The molecule has 1 heterocycles. The number of amides is 1. The normalized spacial score (nSPS) is 12.0. The van der Waals surface area contributed by atoms with Gasteiger partial charge in [0.15, 0.2) is 0 Å². The zero-order valence-corrected chi connectivity index (χ0v) is 12.6. The summed E-state index contributed by atoms with van der Waals surface area (Å²) in [6.07, 6.45) is 3.28. The minimum Gasteiger partial charge on any atom is -0.496 e. The Morgan fingerprint density at radius 3 is 2.95 bits per heavy atom. The van der Waals surface area contributed by atoms with Gasteiger partial charge in [0.2, 0.25) is 5.91 Å². The lowest BCUT2D eigenvalue weighted by Gasteiger charge is -2.13. The number of hydrogen-bond donors (Lipinski definition) is 2. The Morgan fingerprint density at radius 1 is 1.57 bits per heavy atom. The van der Waals surface area contributed by atoms with Gasteiger partial charge in [-0.15, -0.1) is 0 Å². The van der Waals surface area contributed by atoms with Gasteiger partial charge in [-0.25, -0.2) is 0 Å². The number of methoxy groups -OCH3 is 1. The third-order valence-electron chi connectivity index (χ3n) is 3.10. The molecule has 112 valence electrons. The predicted molar refractivity (Wildman–Crippen MR) is 80.0 cm³/mol. The van der Waals surface area contributed by atoms with Crippen LogP contribution in [-0.2, 0) is 18.4 Å². The maximum absolute atomic E-state index is 12.1. The number of aromatic nitrogens is 2. The fraction of sp³-hybridized carbons (Fsp3) is 0.286. The molecule has 7 heteroatoms. The topological polar surface area (TPSA) is 82.2 Å². The van der Waals surface area contributed by atoms with Gasteiger partial charge < -0.3 is 15.8 Å². The Morgan fingerprint density at radius 2 is 2.33 bits per heavy atom. The monoisotopic (exact) mass is 308 g/mol. The number of nitrogens with two attached hydrogens (primary N) is 1. The molecule has 6 nitrogen and oxygen atoms in total. The number of hydrogen-bond acceptors (Lipinski definition) is 4. The predicted octanol–water partition coefficient (Wildman–Crippen LogP) is 1.40. The summed E-state index contributed by atoms with van der Waals surface area (Å²) < 4.78 is 6.82. The van der Waals surface area contributed by atoms with Crippen LogP contribution in [0.3, 0.4) is 0 Å². The van der Waals surface area contributed by atoms with Gasteiger partial charge in [-0.3, -0.25) is 9.48 Å². The third-order valence-corrected chi connectivity index (χ3v) is 3.46. The summed E-state index contributed by atoms with van der Waals surface area (Å²) >= 11 is 6.12. The van der Waals surface area contributed by atoms with Crippen LogP contribution in [0.15, 0.2) is 30.6 Å². The van der Waals surface area contributed by atoms with Crippen LogP contribution in [0.5, 0.6) is 5.75 Å². The lowest BCUT2D eigenvalue weighted by atomic mass is 10.1. The van der Waals surface area contributed by atoms with Crippen LogP contribution in [0.25, 0.3) is 0 Å². The lowest BCUT2D eigenvalue weighted by Crippen LogP contribution is -2.33. The van der Waals surface area contributed by atoms with Gasteiger partial charge in [-0.05, 0) is 12.1 Å². The van der Waals surface area contributed by atoms with Crippen molar-refractivity contribution in [1.29, 1.82) is 0 Å². The fourth-order valence-electron chi connectivity index (χ4n) is 1.94. The van der Waals surface area contributed by atoms with E-state index >= 15 is 0 Å². The summed E-state index contributed by atoms with van der Waals surface area (Å²) in [4.78, 5) is 12.1. The van der Waals surface area contributed by atoms with Gasteiger partial charge in [-0.1, -0.05) is 17.7 Å². The van der Waals surface area contributed by atoms with E-state index in [0.717, 1.165) is 0 Å². The summed E-state index contributed by atoms with van der Waals surface area (Å²) in [6.45, 7) is 0.246. The number of nitrogens with one attached hydrogen (secondary N) is 1. The minimum absolute atomic E-state index is 0.246. The summed E-state index contributed by atoms with van der Waals surface area (Å²) in [5.74, 6) is 0.322. The molecule has 2 aromatic rings. The van der Waals surface area contributed by atoms with Crippen LogP contribution >= 0.6 is 11.6 Å². The fourth-order valence-corrected chi connectivity index (χ4v) is 2.17. The molecular weight excluding hydrogens is 292 g/mol. The molecule has 0 aliphatic carbocycles. The van der Waals surface area contributed by atoms with E-state index in [1.807, 2.05) is 0 Å². The zero-order chi connectivity index (χ0) is 15.4. The van der Waals surface area contributed by atoms with Crippen molar-refractivity contribution in [2.24, 2.45) is 12.8 Å². The molecule has 0 saturated heterocycles. The van der Waals surface area contributed by atoms with Gasteiger partial charge in [0.25, 0.3) is 0 Å². The molecule has 0 fully saturated rings. The van der Waals surface area contributed by atoms with E-state index < -0.39 is 6.04 Å². The maximum atomic E-state index is 12.1. The van der Waals surface area contributed by atoms with Gasteiger partial charge >= 0.3 is 0 Å². The molecule has 0 bridgehead atoms. The SMILES string of the molecule is COc1cccc(Cl)c1CNC(=O)C(N)c1cnn(C)c1. The van der Waals surface area contributed by atoms with Crippen LogP contribution in [0.4, 0.5) is 0 Å². The first-order chi connectivity index (χ1) is 10.0. The number of aryl methyl sites for hydroxylation is 1. The van der Waals surface area contributed by atoms with Crippen molar-refractivity contribution < 1.29 is 9.53 Å². The molecule has 21 heavy (non-hydrogen) atoms. The summed E-state index contributed by atoms with van der Waals surface area (Å²) in [5, 5.41) is 7.28. The number of carbonyl (C=O) groups is 1. The first-order valence-electron chi connectivity index (χ1n) is 6.36. The van der Waals surface area contributed by atoms with E-state index in [9.17, 15) is 4.79 Å². The van der Waals surface area contributed by atoms with Gasteiger partial charge in [-0.2, -0.15) is 5.10 Å². The summed E-state index contributed by atoms with van der Waals surface area (Å²) in [7, 11) is 3.32. The number of halogens is 1. The first kappa shape index (κ1) is 15.3. The Labute approximate surface area is 127 Å². The molecule has 0 spiro atoms. The van der Waals surface area contributed by atoms with E-state index in [2.05, 4.69) is 10.4 Å². The number of nitrogens with zero attached hydrogens (tertiary/aromatic N) is 2. The van der Waals surface area contributed by atoms with E-state index in [0.29, 0.717) is 21.9 Å². The summed E-state index contributed by atoms with van der Waals surface area (Å²) in [6, 6.07) is 4.54. The standard InChI is InChI=1S/C14H17ClN4O2/c1-19-8-9(6-18-19)13(16)14(20)17-7-10-11(15)4-3-5-12(10)21-2/h3-6,8,13H,7,16H2,1-2H3,(H,17,20). The van der Waals surface area contributed by atoms with E-state index in [-0.39, 0.29) is 12.5 Å². The zero-order valence-electron chi connectivity index (χ0n) is 11.8. The average Bonchev–Trinajstić information content (AvgIpc) is 2.91. The van der Waals surface area contributed by atoms with Gasteiger partial charge in [0.1, 0.15) is 11.8 Å². The molecular formula is C14H17ClN4O2. The Hall–Kier alpha value is -2.05. The lowest BCUT2D eigenvalue weighted by molar-refractivity contribution is -0.122. The van der Waals surface area contributed by atoms with Crippen LogP contribution in [-0.4, -0.2) is 22.8 Å². The van der Waals surface area contributed by atoms with Crippen molar-refractivity contribution >= 4 is 17.5 Å². The largest absolute Gasteiger partial charge is 0.496 e. The highest BCUT2D eigenvalue weighted by molar-refractivity contribution is 6.31. The number of ether oxygens (including phenoxy) is 1. The second kappa shape index (κ2) is 6.60. The van der Waals surface area contributed by atoms with Crippen molar-refractivity contribution in [1.82, 2.24) is 15.1 Å². The number of benzene rings is 1. The number of carbonyl (C=O) groups excluding carboxylic acids is 1. The van der Waals surface area contributed by atoms with Gasteiger partial charge in [0.05, 0.1) is 13.3 Å². The van der Waals surface area contributed by atoms with E-state index in [4.69, 9.17) is 22.1 Å². The van der Waals surface area contributed by atoms with Crippen LogP contribution < -0.4 is 15.8 Å². The molecule has 1 atom stereocenters. The molecule has 2 rings (SSSR count). The minimum atomic E-state index is -0.771. The highest BCUT2D eigenvalue weighted by Gasteiger charge is 2.18.